The molecule has 0 aliphatic carbocycles. The lowest BCUT2D eigenvalue weighted by Gasteiger charge is -2.19. The number of amides is 1. The van der Waals surface area contributed by atoms with Crippen LogP contribution in [0.1, 0.15) is 12.5 Å². The molecule has 1 atom stereocenters. The fraction of sp³-hybridized carbons (Fsp3) is 0.462. The van der Waals surface area contributed by atoms with Crippen molar-refractivity contribution in [3.63, 3.8) is 0 Å². The Morgan fingerprint density at radius 3 is 2.76 bits per heavy atom. The minimum atomic E-state index is -0.234. The third-order valence-electron chi connectivity index (χ3n) is 2.43. The topological polar surface area (TPSA) is 41.6 Å². The molecule has 0 fully saturated rings. The molecule has 4 heteroatoms. The minimum Gasteiger partial charge on any atom is -0.380 e. The van der Waals surface area contributed by atoms with E-state index in [1.807, 2.05) is 31.2 Å². The molecule has 0 aromatic heterocycles. The molecular formula is C13H20N2O2. The van der Waals surface area contributed by atoms with Crippen LogP contribution >= 0.6 is 0 Å². The normalized spacial score (nSPS) is 12.0. The van der Waals surface area contributed by atoms with Crippen LogP contribution in [-0.2, 0) is 16.1 Å². The van der Waals surface area contributed by atoms with Gasteiger partial charge in [0.15, 0.2) is 0 Å². The molecular weight excluding hydrogens is 216 g/mol. The molecule has 1 rings (SSSR count). The van der Waals surface area contributed by atoms with E-state index in [4.69, 9.17) is 4.74 Å². The molecule has 17 heavy (non-hydrogen) atoms. The lowest BCUT2D eigenvalue weighted by molar-refractivity contribution is -0.129. The fourth-order valence-electron chi connectivity index (χ4n) is 1.62. The van der Waals surface area contributed by atoms with Crippen LogP contribution in [0.2, 0.25) is 0 Å². The molecule has 4 nitrogen and oxygen atoms in total. The fourth-order valence-corrected chi connectivity index (χ4v) is 1.62. The molecule has 0 aliphatic rings. The Hall–Kier alpha value is -1.55. The monoisotopic (exact) mass is 236 g/mol. The Morgan fingerprint density at radius 1 is 1.47 bits per heavy atom. The third kappa shape index (κ3) is 4.07. The van der Waals surface area contributed by atoms with Gasteiger partial charge in [-0.15, -0.1) is 0 Å². The zero-order valence-corrected chi connectivity index (χ0v) is 10.9. The average Bonchev–Trinajstić information content (AvgIpc) is 2.28. The highest BCUT2D eigenvalue weighted by Crippen LogP contribution is 2.13. The van der Waals surface area contributed by atoms with E-state index in [0.717, 1.165) is 11.3 Å². The highest BCUT2D eigenvalue weighted by atomic mass is 16.5. The molecule has 0 aliphatic heterocycles. The maximum atomic E-state index is 11.7. The zero-order chi connectivity index (χ0) is 12.8. The summed E-state index contributed by atoms with van der Waals surface area (Å²) in [6, 6.07) is 7.64. The van der Waals surface area contributed by atoms with Crippen LogP contribution in [0, 0.1) is 0 Å². The SMILES string of the molecule is COCc1cccc(NC(C)C(=O)N(C)C)c1. The van der Waals surface area contributed by atoms with Crippen molar-refractivity contribution in [2.45, 2.75) is 19.6 Å². The number of benzene rings is 1. The van der Waals surface area contributed by atoms with Gasteiger partial charge in [-0.25, -0.2) is 0 Å². The predicted molar refractivity (Wildman–Crippen MR) is 68.9 cm³/mol. The summed E-state index contributed by atoms with van der Waals surface area (Å²) in [5.74, 6) is 0.0575. The van der Waals surface area contributed by atoms with E-state index in [2.05, 4.69) is 5.32 Å². The molecule has 0 saturated heterocycles. The second kappa shape index (κ2) is 6.25. The third-order valence-corrected chi connectivity index (χ3v) is 2.43. The summed E-state index contributed by atoms with van der Waals surface area (Å²) in [5.41, 5.74) is 2.02. The molecule has 0 heterocycles. The van der Waals surface area contributed by atoms with Crippen molar-refractivity contribution in [1.82, 2.24) is 4.90 Å². The Labute approximate surface area is 103 Å². The van der Waals surface area contributed by atoms with Gasteiger partial charge in [0.05, 0.1) is 6.61 Å². The van der Waals surface area contributed by atoms with Crippen molar-refractivity contribution < 1.29 is 9.53 Å². The maximum Gasteiger partial charge on any atom is 0.244 e. The van der Waals surface area contributed by atoms with E-state index in [9.17, 15) is 4.79 Å². The number of hydrogen-bond donors (Lipinski definition) is 1. The van der Waals surface area contributed by atoms with Crippen molar-refractivity contribution in [2.24, 2.45) is 0 Å². The van der Waals surface area contributed by atoms with Crippen LogP contribution < -0.4 is 5.32 Å². The van der Waals surface area contributed by atoms with E-state index in [-0.39, 0.29) is 11.9 Å². The number of anilines is 1. The highest BCUT2D eigenvalue weighted by molar-refractivity contribution is 5.83. The number of nitrogens with zero attached hydrogens (tertiary/aromatic N) is 1. The number of nitrogens with one attached hydrogen (secondary N) is 1. The highest BCUT2D eigenvalue weighted by Gasteiger charge is 2.14. The number of likely N-dealkylation sites (N-methyl/N-ethyl adjacent to an activating group) is 1. The standard InChI is InChI=1S/C13H20N2O2/c1-10(13(16)15(2)3)14-12-7-5-6-11(8-12)9-17-4/h5-8,10,14H,9H2,1-4H3. The van der Waals surface area contributed by atoms with E-state index in [0.29, 0.717) is 6.61 Å². The summed E-state index contributed by atoms with van der Waals surface area (Å²) in [5, 5.41) is 3.18. The number of hydrogen-bond acceptors (Lipinski definition) is 3. The van der Waals surface area contributed by atoms with Gasteiger partial charge in [-0.1, -0.05) is 12.1 Å². The van der Waals surface area contributed by atoms with Crippen LogP contribution in [0.3, 0.4) is 0 Å². The summed E-state index contributed by atoms with van der Waals surface area (Å²) in [7, 11) is 5.17. The summed E-state index contributed by atoms with van der Waals surface area (Å²) in [6.07, 6.45) is 0. The second-order valence-corrected chi connectivity index (χ2v) is 4.23. The van der Waals surface area contributed by atoms with E-state index in [1.54, 1.807) is 26.1 Å². The number of carbonyl (C=O) groups is 1. The van der Waals surface area contributed by atoms with Gasteiger partial charge in [0, 0.05) is 26.9 Å². The van der Waals surface area contributed by atoms with Crippen LogP contribution in [0.5, 0.6) is 0 Å². The number of rotatable bonds is 5. The van der Waals surface area contributed by atoms with Crippen molar-refractivity contribution >= 4 is 11.6 Å². The Balaban J connectivity index is 2.68. The largest absolute Gasteiger partial charge is 0.380 e. The quantitative estimate of drug-likeness (QED) is 0.846. The smallest absolute Gasteiger partial charge is 0.244 e. The number of ether oxygens (including phenoxy) is 1. The summed E-state index contributed by atoms with van der Waals surface area (Å²) >= 11 is 0. The van der Waals surface area contributed by atoms with Crippen molar-refractivity contribution in [3.05, 3.63) is 29.8 Å². The van der Waals surface area contributed by atoms with Gasteiger partial charge in [0.2, 0.25) is 5.91 Å². The van der Waals surface area contributed by atoms with Crippen LogP contribution in [0.25, 0.3) is 0 Å². The molecule has 0 saturated carbocycles. The van der Waals surface area contributed by atoms with Gasteiger partial charge in [-0.3, -0.25) is 4.79 Å². The maximum absolute atomic E-state index is 11.7. The van der Waals surface area contributed by atoms with E-state index in [1.165, 1.54) is 0 Å². The van der Waals surface area contributed by atoms with Gasteiger partial charge < -0.3 is 15.0 Å². The van der Waals surface area contributed by atoms with E-state index >= 15 is 0 Å². The Kier molecular flexibility index (Phi) is 4.97. The summed E-state index contributed by atoms with van der Waals surface area (Å²) in [4.78, 5) is 13.3. The second-order valence-electron chi connectivity index (χ2n) is 4.23. The predicted octanol–water partition coefficient (Wildman–Crippen LogP) is 1.72. The number of methoxy groups -OCH3 is 1. The van der Waals surface area contributed by atoms with Crippen molar-refractivity contribution in [3.8, 4) is 0 Å². The molecule has 94 valence electrons. The van der Waals surface area contributed by atoms with Gasteiger partial charge in [-0.2, -0.15) is 0 Å². The van der Waals surface area contributed by atoms with Gasteiger partial charge in [-0.05, 0) is 24.6 Å². The first-order valence-corrected chi connectivity index (χ1v) is 5.60. The summed E-state index contributed by atoms with van der Waals surface area (Å²) in [6.45, 7) is 2.43. The van der Waals surface area contributed by atoms with Crippen LogP contribution in [0.15, 0.2) is 24.3 Å². The van der Waals surface area contributed by atoms with Gasteiger partial charge >= 0.3 is 0 Å². The number of carbonyl (C=O) groups excluding carboxylic acids is 1. The first-order chi connectivity index (χ1) is 8.04. The van der Waals surface area contributed by atoms with Crippen molar-refractivity contribution in [2.75, 3.05) is 26.5 Å². The summed E-state index contributed by atoms with van der Waals surface area (Å²) < 4.78 is 5.07. The lowest BCUT2D eigenvalue weighted by atomic mass is 10.2. The van der Waals surface area contributed by atoms with E-state index < -0.39 is 0 Å². The van der Waals surface area contributed by atoms with Crippen LogP contribution in [-0.4, -0.2) is 38.1 Å². The van der Waals surface area contributed by atoms with Crippen molar-refractivity contribution in [1.29, 1.82) is 0 Å². The van der Waals surface area contributed by atoms with Gasteiger partial charge in [0.1, 0.15) is 6.04 Å². The molecule has 0 bridgehead atoms. The zero-order valence-electron chi connectivity index (χ0n) is 10.9. The molecule has 1 aromatic rings. The van der Waals surface area contributed by atoms with Crippen LogP contribution in [0.4, 0.5) is 5.69 Å². The molecule has 1 N–H and O–H groups in total. The Morgan fingerprint density at radius 2 is 2.18 bits per heavy atom. The van der Waals surface area contributed by atoms with Gasteiger partial charge in [0.25, 0.3) is 0 Å². The molecule has 0 radical (unpaired) electrons. The first-order valence-electron chi connectivity index (χ1n) is 5.60. The molecule has 0 spiro atoms. The first kappa shape index (κ1) is 13.5. The molecule has 1 aromatic carbocycles. The average molecular weight is 236 g/mol. The molecule has 1 amide bonds. The Bertz CT molecular complexity index is 377. The minimum absolute atomic E-state index is 0.0575. The lowest BCUT2D eigenvalue weighted by Crippen LogP contribution is -2.36. The molecule has 1 unspecified atom stereocenters.